The van der Waals surface area contributed by atoms with Crippen molar-refractivity contribution in [3.63, 3.8) is 0 Å². The SMILES string of the molecule is Cc1cc(Br)c(Cl)cc1NC(=O)COC(=O)c1cccc(N2C(=O)[C@@H]3[C@H]4CC[C@@H](C4)[C@@H]3C2=O)c1. The molecule has 176 valence electrons. The Hall–Kier alpha value is -2.71. The van der Waals surface area contributed by atoms with Gasteiger partial charge in [0.1, 0.15) is 0 Å². The number of benzene rings is 2. The lowest BCUT2D eigenvalue weighted by Crippen LogP contribution is -2.32. The molecule has 9 heteroatoms. The number of aryl methyl sites for hydroxylation is 1. The van der Waals surface area contributed by atoms with Gasteiger partial charge in [-0.15, -0.1) is 0 Å². The molecule has 2 bridgehead atoms. The highest BCUT2D eigenvalue weighted by molar-refractivity contribution is 9.10. The number of carbonyl (C=O) groups excluding carboxylic acids is 4. The van der Waals surface area contributed by atoms with Gasteiger partial charge in [0.2, 0.25) is 11.8 Å². The van der Waals surface area contributed by atoms with Gasteiger partial charge >= 0.3 is 5.97 Å². The van der Waals surface area contributed by atoms with Gasteiger partial charge in [-0.2, -0.15) is 0 Å². The molecule has 34 heavy (non-hydrogen) atoms. The van der Waals surface area contributed by atoms with E-state index in [0.717, 1.165) is 24.8 Å². The highest BCUT2D eigenvalue weighted by Gasteiger charge is 2.61. The number of carbonyl (C=O) groups is 4. The first kappa shape index (κ1) is 23.1. The smallest absolute Gasteiger partial charge is 0.338 e. The minimum Gasteiger partial charge on any atom is -0.452 e. The van der Waals surface area contributed by atoms with Crippen LogP contribution in [-0.2, 0) is 19.1 Å². The van der Waals surface area contributed by atoms with Gasteiger partial charge in [-0.1, -0.05) is 17.7 Å². The van der Waals surface area contributed by atoms with E-state index >= 15 is 0 Å². The standard InChI is InChI=1S/C25H22BrClN2O5/c1-12-7-17(26)18(27)10-19(12)28-20(30)11-34-25(33)15-3-2-4-16(9-15)29-23(31)21-13-5-6-14(8-13)22(21)24(29)32/h2-4,7,9-10,13-14,21-22H,5-6,8,11H2,1H3,(H,28,30)/t13-,14-,21-,22+/m0/s1. The number of imide groups is 1. The van der Waals surface area contributed by atoms with Gasteiger partial charge in [0.05, 0.1) is 28.1 Å². The molecule has 3 amide bonds. The summed E-state index contributed by atoms with van der Waals surface area (Å²) in [7, 11) is 0. The molecule has 2 aromatic carbocycles. The first-order valence-corrected chi connectivity index (χ1v) is 12.3. The van der Waals surface area contributed by atoms with Crippen molar-refractivity contribution in [3.8, 4) is 0 Å². The van der Waals surface area contributed by atoms with Crippen LogP contribution in [0.25, 0.3) is 0 Å². The van der Waals surface area contributed by atoms with Gasteiger partial charge in [-0.05, 0) is 89.8 Å². The van der Waals surface area contributed by atoms with Gasteiger partial charge < -0.3 is 10.1 Å². The summed E-state index contributed by atoms with van der Waals surface area (Å²) in [6, 6.07) is 9.62. The zero-order valence-corrected chi connectivity index (χ0v) is 20.7. The molecule has 5 rings (SSSR count). The van der Waals surface area contributed by atoms with Gasteiger partial charge in [0.25, 0.3) is 5.91 Å². The number of hydrogen-bond acceptors (Lipinski definition) is 5. The van der Waals surface area contributed by atoms with Crippen molar-refractivity contribution in [2.24, 2.45) is 23.7 Å². The van der Waals surface area contributed by atoms with Crippen LogP contribution in [0.4, 0.5) is 11.4 Å². The van der Waals surface area contributed by atoms with Crippen molar-refractivity contribution in [2.45, 2.75) is 26.2 Å². The van der Waals surface area contributed by atoms with Crippen molar-refractivity contribution in [1.82, 2.24) is 0 Å². The average Bonchev–Trinajstić information content (AvgIpc) is 3.49. The third-order valence-corrected chi connectivity index (χ3v) is 8.34. The van der Waals surface area contributed by atoms with E-state index in [1.165, 1.54) is 17.0 Å². The number of rotatable bonds is 5. The fourth-order valence-electron chi connectivity index (χ4n) is 5.62. The van der Waals surface area contributed by atoms with E-state index in [4.69, 9.17) is 16.3 Å². The predicted octanol–water partition coefficient (Wildman–Crippen LogP) is 4.74. The molecule has 1 aliphatic heterocycles. The van der Waals surface area contributed by atoms with Crippen molar-refractivity contribution >= 4 is 62.6 Å². The molecular weight excluding hydrogens is 524 g/mol. The lowest BCUT2D eigenvalue weighted by Gasteiger charge is -2.19. The van der Waals surface area contributed by atoms with Crippen LogP contribution in [0.1, 0.15) is 35.2 Å². The lowest BCUT2D eigenvalue weighted by atomic mass is 9.81. The van der Waals surface area contributed by atoms with E-state index in [9.17, 15) is 19.2 Å². The Kier molecular flexibility index (Phi) is 5.98. The number of ether oxygens (including phenoxy) is 1. The number of amides is 3. The number of fused-ring (bicyclic) bond motifs is 5. The molecule has 0 aromatic heterocycles. The zero-order valence-electron chi connectivity index (χ0n) is 18.3. The quantitative estimate of drug-likeness (QED) is 0.433. The monoisotopic (exact) mass is 544 g/mol. The van der Waals surface area contributed by atoms with Crippen LogP contribution >= 0.6 is 27.5 Å². The minimum absolute atomic E-state index is 0.161. The highest BCUT2D eigenvalue weighted by atomic mass is 79.9. The number of halogens is 2. The Morgan fingerprint density at radius 2 is 1.79 bits per heavy atom. The molecule has 4 atom stereocenters. The first-order chi connectivity index (χ1) is 16.2. The van der Waals surface area contributed by atoms with Crippen molar-refractivity contribution < 1.29 is 23.9 Å². The van der Waals surface area contributed by atoms with Crippen LogP contribution in [0.5, 0.6) is 0 Å². The second kappa shape index (κ2) is 8.82. The molecular formula is C25H22BrClN2O5. The third kappa shape index (κ3) is 3.92. The summed E-state index contributed by atoms with van der Waals surface area (Å²) < 4.78 is 5.87. The van der Waals surface area contributed by atoms with Gasteiger partial charge in [-0.25, -0.2) is 4.79 Å². The first-order valence-electron chi connectivity index (χ1n) is 11.1. The fourth-order valence-corrected chi connectivity index (χ4v) is 6.24. The number of esters is 1. The van der Waals surface area contributed by atoms with E-state index < -0.39 is 18.5 Å². The van der Waals surface area contributed by atoms with Crippen molar-refractivity contribution in [2.75, 3.05) is 16.8 Å². The summed E-state index contributed by atoms with van der Waals surface area (Å²) in [5, 5.41) is 3.11. The van der Waals surface area contributed by atoms with E-state index in [2.05, 4.69) is 21.2 Å². The summed E-state index contributed by atoms with van der Waals surface area (Å²) >= 11 is 9.40. The van der Waals surface area contributed by atoms with Crippen LogP contribution in [0.15, 0.2) is 40.9 Å². The maximum atomic E-state index is 13.1. The van der Waals surface area contributed by atoms with Gasteiger partial charge in [-0.3, -0.25) is 19.3 Å². The Bertz CT molecular complexity index is 1200. The molecule has 7 nitrogen and oxygen atoms in total. The molecule has 1 heterocycles. The molecule has 0 radical (unpaired) electrons. The Morgan fingerprint density at radius 1 is 1.12 bits per heavy atom. The van der Waals surface area contributed by atoms with Crippen LogP contribution in [0.3, 0.4) is 0 Å². The van der Waals surface area contributed by atoms with E-state index in [-0.39, 0.29) is 41.0 Å². The Morgan fingerprint density at radius 3 is 2.47 bits per heavy atom. The lowest BCUT2D eigenvalue weighted by molar-refractivity contribution is -0.123. The maximum Gasteiger partial charge on any atom is 0.338 e. The molecule has 0 unspecified atom stereocenters. The summed E-state index contributed by atoms with van der Waals surface area (Å²) in [4.78, 5) is 52.2. The third-order valence-electron chi connectivity index (χ3n) is 7.14. The number of hydrogen-bond donors (Lipinski definition) is 1. The molecule has 3 fully saturated rings. The minimum atomic E-state index is -0.720. The summed E-state index contributed by atoms with van der Waals surface area (Å²) in [5.74, 6) is -1.48. The maximum absolute atomic E-state index is 13.1. The average molecular weight is 546 g/mol. The molecule has 2 aliphatic carbocycles. The van der Waals surface area contributed by atoms with Crippen molar-refractivity contribution in [3.05, 3.63) is 57.0 Å². The molecule has 2 aromatic rings. The summed E-state index contributed by atoms with van der Waals surface area (Å²) in [6.45, 7) is 1.32. The number of anilines is 2. The molecule has 1 saturated heterocycles. The summed E-state index contributed by atoms with van der Waals surface area (Å²) in [6.07, 6.45) is 2.96. The van der Waals surface area contributed by atoms with Gasteiger partial charge in [0, 0.05) is 10.2 Å². The Balaban J connectivity index is 1.25. The predicted molar refractivity (Wildman–Crippen MR) is 130 cm³/mol. The molecule has 3 aliphatic rings. The van der Waals surface area contributed by atoms with Crippen LogP contribution in [0.2, 0.25) is 5.02 Å². The topological polar surface area (TPSA) is 92.8 Å². The molecule has 0 spiro atoms. The van der Waals surface area contributed by atoms with E-state index in [0.29, 0.717) is 20.9 Å². The largest absolute Gasteiger partial charge is 0.452 e. The van der Waals surface area contributed by atoms with Crippen LogP contribution in [-0.4, -0.2) is 30.3 Å². The van der Waals surface area contributed by atoms with E-state index in [1.807, 2.05) is 6.92 Å². The van der Waals surface area contributed by atoms with Crippen LogP contribution < -0.4 is 10.2 Å². The number of nitrogens with one attached hydrogen (secondary N) is 1. The number of nitrogens with zero attached hydrogens (tertiary/aromatic N) is 1. The van der Waals surface area contributed by atoms with Crippen molar-refractivity contribution in [1.29, 1.82) is 0 Å². The van der Waals surface area contributed by atoms with E-state index in [1.54, 1.807) is 24.3 Å². The van der Waals surface area contributed by atoms with Crippen LogP contribution in [0, 0.1) is 30.6 Å². The Labute approximate surface area is 209 Å². The molecule has 1 N–H and O–H groups in total. The second-order valence-electron chi connectivity index (χ2n) is 9.15. The fraction of sp³-hybridized carbons (Fsp3) is 0.360. The highest BCUT2D eigenvalue weighted by Crippen LogP contribution is 2.56. The normalized spacial score (nSPS) is 25.0. The van der Waals surface area contributed by atoms with Gasteiger partial charge in [0.15, 0.2) is 6.61 Å². The zero-order chi connectivity index (χ0) is 24.1. The second-order valence-corrected chi connectivity index (χ2v) is 10.4. The summed E-state index contributed by atoms with van der Waals surface area (Å²) in [5.41, 5.74) is 1.83. The molecule has 2 saturated carbocycles.